The van der Waals surface area contributed by atoms with Crippen molar-refractivity contribution in [2.45, 2.75) is 0 Å². The molecular formula is C41H25N5S. The van der Waals surface area contributed by atoms with Gasteiger partial charge in [0.25, 0.3) is 0 Å². The lowest BCUT2D eigenvalue weighted by Crippen LogP contribution is -2.00. The summed E-state index contributed by atoms with van der Waals surface area (Å²) in [4.78, 5) is 24.6. The van der Waals surface area contributed by atoms with Gasteiger partial charge in [0.15, 0.2) is 17.5 Å². The number of para-hydroxylation sites is 1. The maximum absolute atomic E-state index is 5.13. The van der Waals surface area contributed by atoms with Gasteiger partial charge < -0.3 is 0 Å². The normalized spacial score (nSPS) is 11.4. The summed E-state index contributed by atoms with van der Waals surface area (Å²) >= 11 is 1.82. The Morgan fingerprint density at radius 2 is 0.936 bits per heavy atom. The van der Waals surface area contributed by atoms with E-state index in [-0.39, 0.29) is 0 Å². The summed E-state index contributed by atoms with van der Waals surface area (Å²) in [5.74, 6) is 1.92. The van der Waals surface area contributed by atoms with E-state index in [1.807, 2.05) is 84.3 Å². The van der Waals surface area contributed by atoms with E-state index in [9.17, 15) is 0 Å². The number of hydrogen-bond donors (Lipinski definition) is 0. The van der Waals surface area contributed by atoms with Gasteiger partial charge in [-0.05, 0) is 23.8 Å². The molecule has 0 aliphatic carbocycles. The Morgan fingerprint density at radius 1 is 0.404 bits per heavy atom. The molecule has 0 aliphatic rings. The number of benzene rings is 5. The Labute approximate surface area is 275 Å². The quantitative estimate of drug-likeness (QED) is 0.192. The van der Waals surface area contributed by atoms with Gasteiger partial charge in [0.1, 0.15) is 0 Å². The summed E-state index contributed by atoms with van der Waals surface area (Å²) < 4.78 is 2.50. The molecule has 6 heteroatoms. The summed E-state index contributed by atoms with van der Waals surface area (Å²) in [5.41, 5.74) is 7.65. The molecule has 0 saturated heterocycles. The molecule has 4 heterocycles. The minimum Gasteiger partial charge on any atom is -0.254 e. The van der Waals surface area contributed by atoms with Gasteiger partial charge in [0, 0.05) is 54.0 Å². The Bertz CT molecular complexity index is 2490. The van der Waals surface area contributed by atoms with E-state index in [1.165, 1.54) is 20.2 Å². The van der Waals surface area contributed by atoms with Crippen LogP contribution in [-0.2, 0) is 0 Å². The number of hydrogen-bond acceptors (Lipinski definition) is 6. The number of fused-ring (bicyclic) bond motifs is 5. The van der Waals surface area contributed by atoms with Crippen LogP contribution in [0.3, 0.4) is 0 Å². The highest BCUT2D eigenvalue weighted by Crippen LogP contribution is 2.42. The third kappa shape index (κ3) is 4.92. The largest absolute Gasteiger partial charge is 0.254 e. The van der Waals surface area contributed by atoms with Crippen LogP contribution in [0.5, 0.6) is 0 Å². The van der Waals surface area contributed by atoms with Gasteiger partial charge in [-0.1, -0.05) is 127 Å². The van der Waals surface area contributed by atoms with E-state index in [0.717, 1.165) is 50.1 Å². The summed E-state index contributed by atoms with van der Waals surface area (Å²) in [6.45, 7) is 0. The summed E-state index contributed by atoms with van der Waals surface area (Å²) in [6.07, 6.45) is 1.94. The highest BCUT2D eigenvalue weighted by atomic mass is 32.1. The molecule has 9 rings (SSSR count). The van der Waals surface area contributed by atoms with Gasteiger partial charge in [-0.15, -0.1) is 11.3 Å². The second-order valence-corrected chi connectivity index (χ2v) is 12.4. The number of nitrogens with zero attached hydrogens (tertiary/aromatic N) is 5. The van der Waals surface area contributed by atoms with Gasteiger partial charge in [0.2, 0.25) is 0 Å². The zero-order valence-electron chi connectivity index (χ0n) is 25.1. The molecule has 47 heavy (non-hydrogen) atoms. The second-order valence-electron chi connectivity index (χ2n) is 11.3. The molecule has 0 fully saturated rings. The standard InChI is InChI=1S/C41H25N5S/c1-3-11-27(12-4-1)39-44-40(28-13-5-2-6-14-28)46-41(45-39)29-21-19-26(20-22-29)30-23-24-34(42-25-30)37-36-32-16-8-10-18-35(32)47-38(36)31-15-7-9-17-33(31)43-37/h1-25H. The van der Waals surface area contributed by atoms with E-state index >= 15 is 0 Å². The van der Waals surface area contributed by atoms with Crippen molar-refractivity contribution in [2.75, 3.05) is 0 Å². The number of thiophene rings is 1. The van der Waals surface area contributed by atoms with E-state index in [0.29, 0.717) is 17.5 Å². The molecule has 0 radical (unpaired) electrons. The Balaban J connectivity index is 1.08. The van der Waals surface area contributed by atoms with Crippen LogP contribution in [0.4, 0.5) is 0 Å². The van der Waals surface area contributed by atoms with Crippen LogP contribution in [0.2, 0.25) is 0 Å². The predicted molar refractivity (Wildman–Crippen MR) is 193 cm³/mol. The molecule has 5 nitrogen and oxygen atoms in total. The fourth-order valence-electron chi connectivity index (χ4n) is 6.05. The summed E-state index contributed by atoms with van der Waals surface area (Å²) in [7, 11) is 0. The van der Waals surface area contributed by atoms with Crippen LogP contribution in [0.1, 0.15) is 0 Å². The lowest BCUT2D eigenvalue weighted by Gasteiger charge is -2.10. The minimum absolute atomic E-state index is 0.632. The lowest BCUT2D eigenvalue weighted by molar-refractivity contribution is 1.07. The third-order valence-electron chi connectivity index (χ3n) is 8.40. The Morgan fingerprint density at radius 3 is 1.57 bits per heavy atom. The molecule has 0 spiro atoms. The summed E-state index contributed by atoms with van der Waals surface area (Å²) in [5, 5.41) is 3.55. The topological polar surface area (TPSA) is 64.5 Å². The first-order valence-electron chi connectivity index (χ1n) is 15.4. The van der Waals surface area contributed by atoms with Crippen LogP contribution < -0.4 is 0 Å². The van der Waals surface area contributed by atoms with Crippen LogP contribution in [0.25, 0.3) is 87.8 Å². The first kappa shape index (κ1) is 27.2. The molecule has 0 saturated carbocycles. The first-order valence-corrected chi connectivity index (χ1v) is 16.2. The molecule has 0 N–H and O–H groups in total. The number of pyridine rings is 2. The van der Waals surface area contributed by atoms with E-state index in [4.69, 9.17) is 24.9 Å². The first-order chi connectivity index (χ1) is 23.3. The Kier molecular flexibility index (Phi) is 6.58. The average molecular weight is 620 g/mol. The average Bonchev–Trinajstić information content (AvgIpc) is 3.55. The highest BCUT2D eigenvalue weighted by Gasteiger charge is 2.17. The van der Waals surface area contributed by atoms with Gasteiger partial charge in [-0.25, -0.2) is 19.9 Å². The number of aromatic nitrogens is 5. The van der Waals surface area contributed by atoms with Crippen LogP contribution >= 0.6 is 11.3 Å². The van der Waals surface area contributed by atoms with Gasteiger partial charge in [0.05, 0.1) is 16.9 Å². The monoisotopic (exact) mass is 619 g/mol. The summed E-state index contributed by atoms with van der Waals surface area (Å²) in [6, 6.07) is 49.5. The van der Waals surface area contributed by atoms with E-state index in [2.05, 4.69) is 78.9 Å². The SMILES string of the molecule is c1ccc(-c2nc(-c3ccccc3)nc(-c3ccc(-c4ccc(-c5nc6ccccc6c6sc7ccccc7c56)nc4)cc3)n2)cc1. The zero-order chi connectivity index (χ0) is 31.2. The van der Waals surface area contributed by atoms with Crippen molar-refractivity contribution in [3.05, 3.63) is 152 Å². The predicted octanol–water partition coefficient (Wildman–Crippen LogP) is 10.5. The Hall–Kier alpha value is -6.11. The van der Waals surface area contributed by atoms with Crippen LogP contribution in [0, 0.1) is 0 Å². The van der Waals surface area contributed by atoms with Crippen molar-refractivity contribution < 1.29 is 0 Å². The molecule has 5 aromatic carbocycles. The van der Waals surface area contributed by atoms with Crippen LogP contribution in [0.15, 0.2) is 152 Å². The molecular weight excluding hydrogens is 595 g/mol. The molecule has 9 aromatic rings. The number of rotatable bonds is 5. The maximum atomic E-state index is 5.13. The van der Waals surface area contributed by atoms with Crippen molar-refractivity contribution in [3.63, 3.8) is 0 Å². The maximum Gasteiger partial charge on any atom is 0.164 e. The van der Waals surface area contributed by atoms with Crippen molar-refractivity contribution in [1.82, 2.24) is 24.9 Å². The second kappa shape index (κ2) is 11.4. The lowest BCUT2D eigenvalue weighted by atomic mass is 10.0. The van der Waals surface area contributed by atoms with Crippen molar-refractivity contribution in [3.8, 4) is 56.7 Å². The molecule has 4 aromatic heterocycles. The molecule has 0 atom stereocenters. The van der Waals surface area contributed by atoms with Crippen molar-refractivity contribution >= 4 is 42.4 Å². The molecule has 0 amide bonds. The smallest absolute Gasteiger partial charge is 0.164 e. The van der Waals surface area contributed by atoms with E-state index in [1.54, 1.807) is 0 Å². The molecule has 0 unspecified atom stereocenters. The van der Waals surface area contributed by atoms with Gasteiger partial charge >= 0.3 is 0 Å². The van der Waals surface area contributed by atoms with Crippen LogP contribution in [-0.4, -0.2) is 24.9 Å². The van der Waals surface area contributed by atoms with Gasteiger partial charge in [-0.2, -0.15) is 0 Å². The van der Waals surface area contributed by atoms with Crippen molar-refractivity contribution in [1.29, 1.82) is 0 Å². The molecule has 0 aliphatic heterocycles. The minimum atomic E-state index is 0.632. The molecule has 0 bridgehead atoms. The zero-order valence-corrected chi connectivity index (χ0v) is 25.9. The fourth-order valence-corrected chi connectivity index (χ4v) is 7.29. The third-order valence-corrected chi connectivity index (χ3v) is 9.60. The highest BCUT2D eigenvalue weighted by molar-refractivity contribution is 7.26. The molecule has 220 valence electrons. The fraction of sp³-hybridized carbons (Fsp3) is 0. The van der Waals surface area contributed by atoms with Crippen molar-refractivity contribution in [2.24, 2.45) is 0 Å². The van der Waals surface area contributed by atoms with E-state index < -0.39 is 0 Å². The van der Waals surface area contributed by atoms with Gasteiger partial charge in [-0.3, -0.25) is 4.98 Å².